The number of anilines is 2. The molecule has 2 N–H and O–H groups in total. The Morgan fingerprint density at radius 1 is 1.21 bits per heavy atom. The molecule has 0 saturated carbocycles. The zero-order valence-corrected chi connectivity index (χ0v) is 18.8. The van der Waals surface area contributed by atoms with Crippen LogP contribution < -0.4 is 20.9 Å². The highest BCUT2D eigenvalue weighted by molar-refractivity contribution is 5.77. The molecule has 4 aromatic rings. The van der Waals surface area contributed by atoms with Gasteiger partial charge in [0.15, 0.2) is 11.5 Å². The van der Waals surface area contributed by atoms with E-state index in [1.54, 1.807) is 21.6 Å². The van der Waals surface area contributed by atoms with Gasteiger partial charge in [0.2, 0.25) is 11.8 Å². The lowest BCUT2D eigenvalue weighted by atomic mass is 10.0. The number of nitrogens with one attached hydrogen (secondary N) is 2. The van der Waals surface area contributed by atoms with Crippen molar-refractivity contribution in [3.8, 4) is 11.7 Å². The first-order valence-electron chi connectivity index (χ1n) is 11.5. The van der Waals surface area contributed by atoms with Crippen LogP contribution in [0.3, 0.4) is 0 Å². The lowest BCUT2D eigenvalue weighted by Gasteiger charge is -2.26. The van der Waals surface area contributed by atoms with Gasteiger partial charge in [0.05, 0.1) is 13.2 Å². The van der Waals surface area contributed by atoms with Crippen molar-refractivity contribution in [3.05, 3.63) is 64.1 Å². The van der Waals surface area contributed by atoms with Crippen LogP contribution in [-0.2, 0) is 24.2 Å². The van der Waals surface area contributed by atoms with Gasteiger partial charge in [-0.3, -0.25) is 4.79 Å². The minimum atomic E-state index is -0.163. The second kappa shape index (κ2) is 8.54. The summed E-state index contributed by atoms with van der Waals surface area (Å²) in [6.45, 7) is 5.33. The second-order valence-corrected chi connectivity index (χ2v) is 8.41. The third-order valence-corrected chi connectivity index (χ3v) is 6.14. The third-order valence-electron chi connectivity index (χ3n) is 6.14. The van der Waals surface area contributed by atoms with E-state index < -0.39 is 0 Å². The second-order valence-electron chi connectivity index (χ2n) is 8.41. The molecule has 1 aromatic carbocycles. The fourth-order valence-electron chi connectivity index (χ4n) is 4.33. The fraction of sp³-hybridized carbons (Fsp3) is 0.333. The highest BCUT2D eigenvalue weighted by Crippen LogP contribution is 2.23. The quantitative estimate of drug-likeness (QED) is 0.452. The normalized spacial score (nSPS) is 15.7. The first-order valence-corrected chi connectivity index (χ1v) is 11.5. The molecule has 0 unspecified atom stereocenters. The number of hydrogen-bond donors (Lipinski definition) is 2. The van der Waals surface area contributed by atoms with Gasteiger partial charge in [-0.25, -0.2) is 14.3 Å². The van der Waals surface area contributed by atoms with Gasteiger partial charge in [0.25, 0.3) is 5.56 Å². The molecule has 2 aliphatic rings. The van der Waals surface area contributed by atoms with E-state index in [0.29, 0.717) is 48.4 Å². The van der Waals surface area contributed by atoms with Gasteiger partial charge in [-0.2, -0.15) is 9.97 Å². The number of rotatable bonds is 6. The minimum absolute atomic E-state index is 0.00229. The molecule has 0 atom stereocenters. The van der Waals surface area contributed by atoms with Crippen LogP contribution in [0.5, 0.6) is 5.88 Å². The molecule has 0 aliphatic carbocycles. The predicted octanol–water partition coefficient (Wildman–Crippen LogP) is 2.16. The third kappa shape index (κ3) is 3.70. The average molecular weight is 460 g/mol. The number of pyridine rings is 1. The summed E-state index contributed by atoms with van der Waals surface area (Å²) in [6.07, 6.45) is 2.60. The van der Waals surface area contributed by atoms with Gasteiger partial charge < -0.3 is 20.1 Å². The summed E-state index contributed by atoms with van der Waals surface area (Å²) < 4.78 is 14.4. The maximum absolute atomic E-state index is 13.1. The first kappa shape index (κ1) is 20.8. The van der Waals surface area contributed by atoms with E-state index in [9.17, 15) is 4.79 Å². The molecule has 2 aliphatic heterocycles. The Balaban J connectivity index is 1.39. The van der Waals surface area contributed by atoms with Crippen LogP contribution in [0.15, 0.2) is 47.4 Å². The average Bonchev–Trinajstić information content (AvgIpc) is 3.12. The van der Waals surface area contributed by atoms with Gasteiger partial charge >= 0.3 is 0 Å². The molecule has 174 valence electrons. The first-order chi connectivity index (χ1) is 16.7. The van der Waals surface area contributed by atoms with Gasteiger partial charge in [-0.15, -0.1) is 0 Å². The monoisotopic (exact) mass is 459 g/mol. The number of aromatic nitrogens is 5. The number of ether oxygens (including phenoxy) is 2. The van der Waals surface area contributed by atoms with Crippen LogP contribution in [0.2, 0.25) is 0 Å². The summed E-state index contributed by atoms with van der Waals surface area (Å²) >= 11 is 0. The molecule has 5 heterocycles. The van der Waals surface area contributed by atoms with E-state index >= 15 is 0 Å². The van der Waals surface area contributed by atoms with Crippen molar-refractivity contribution in [1.82, 2.24) is 29.6 Å². The Labute approximate surface area is 195 Å². The number of hydrogen-bond acceptors (Lipinski definition) is 8. The standard InChI is InChI=1S/C24H25N7O3/c1-2-30-23(32)19-12-26-24(27-17-7-6-15-8-9-25-11-16(15)10-17)29-22(19)31(30)20-4-3-5-21(28-20)34-18-13-33-14-18/h3-7,10,12,18,25H,2,8-9,11,13-14H2,1H3,(H,26,27,29). The van der Waals surface area contributed by atoms with Crippen molar-refractivity contribution in [3.63, 3.8) is 0 Å². The maximum Gasteiger partial charge on any atom is 0.278 e. The molecule has 6 rings (SSSR count). The Morgan fingerprint density at radius 3 is 2.94 bits per heavy atom. The van der Waals surface area contributed by atoms with Crippen molar-refractivity contribution < 1.29 is 9.47 Å². The number of nitrogens with zero attached hydrogens (tertiary/aromatic N) is 5. The molecule has 0 bridgehead atoms. The molecule has 10 nitrogen and oxygen atoms in total. The summed E-state index contributed by atoms with van der Waals surface area (Å²) in [5.74, 6) is 1.45. The number of fused-ring (bicyclic) bond motifs is 2. The molecule has 0 amide bonds. The van der Waals surface area contributed by atoms with Crippen molar-refractivity contribution in [1.29, 1.82) is 0 Å². The van der Waals surface area contributed by atoms with Crippen LogP contribution >= 0.6 is 0 Å². The fourth-order valence-corrected chi connectivity index (χ4v) is 4.33. The van der Waals surface area contributed by atoms with Crippen molar-refractivity contribution in [2.75, 3.05) is 25.1 Å². The Kier molecular flexibility index (Phi) is 5.23. The highest BCUT2D eigenvalue weighted by atomic mass is 16.6. The largest absolute Gasteiger partial charge is 0.469 e. The van der Waals surface area contributed by atoms with E-state index in [2.05, 4.69) is 32.7 Å². The Bertz CT molecular complexity index is 1420. The van der Waals surface area contributed by atoms with Crippen LogP contribution in [0.4, 0.5) is 11.6 Å². The van der Waals surface area contributed by atoms with Gasteiger partial charge in [0, 0.05) is 31.0 Å². The minimum Gasteiger partial charge on any atom is -0.469 e. The molecule has 0 spiro atoms. The topological polar surface area (TPSA) is 108 Å². The van der Waals surface area contributed by atoms with Gasteiger partial charge in [-0.1, -0.05) is 12.1 Å². The number of benzene rings is 1. The SMILES string of the molecule is CCn1c(=O)c2cnc(Nc3ccc4c(c3)CNCC4)nc2n1-c1cccc(OC2COC2)n1. The van der Waals surface area contributed by atoms with Crippen LogP contribution in [0.1, 0.15) is 18.1 Å². The molecule has 1 fully saturated rings. The zero-order valence-electron chi connectivity index (χ0n) is 18.8. The van der Waals surface area contributed by atoms with Crippen molar-refractivity contribution >= 4 is 22.7 Å². The Hall–Kier alpha value is -3.76. The van der Waals surface area contributed by atoms with E-state index in [0.717, 1.165) is 25.2 Å². The van der Waals surface area contributed by atoms with Gasteiger partial charge in [0.1, 0.15) is 11.5 Å². The smallest absolute Gasteiger partial charge is 0.278 e. The van der Waals surface area contributed by atoms with E-state index in [-0.39, 0.29) is 11.7 Å². The highest BCUT2D eigenvalue weighted by Gasteiger charge is 2.22. The van der Waals surface area contributed by atoms with Crippen molar-refractivity contribution in [2.24, 2.45) is 0 Å². The lowest BCUT2D eigenvalue weighted by Crippen LogP contribution is -2.38. The molecular formula is C24H25N7O3. The molecular weight excluding hydrogens is 434 g/mol. The van der Waals surface area contributed by atoms with Crippen LogP contribution in [0.25, 0.3) is 16.9 Å². The summed E-state index contributed by atoms with van der Waals surface area (Å²) in [4.78, 5) is 26.8. The summed E-state index contributed by atoms with van der Waals surface area (Å²) in [5, 5.41) is 7.12. The molecule has 34 heavy (non-hydrogen) atoms. The summed E-state index contributed by atoms with van der Waals surface area (Å²) in [6, 6.07) is 11.8. The Morgan fingerprint density at radius 2 is 2.12 bits per heavy atom. The molecule has 3 aromatic heterocycles. The van der Waals surface area contributed by atoms with E-state index in [1.807, 2.05) is 25.1 Å². The lowest BCUT2D eigenvalue weighted by molar-refractivity contribution is -0.0813. The van der Waals surface area contributed by atoms with E-state index in [4.69, 9.17) is 14.5 Å². The molecule has 0 radical (unpaired) electrons. The van der Waals surface area contributed by atoms with Crippen molar-refractivity contribution in [2.45, 2.75) is 32.5 Å². The zero-order chi connectivity index (χ0) is 23.1. The summed E-state index contributed by atoms with van der Waals surface area (Å²) in [7, 11) is 0. The van der Waals surface area contributed by atoms with Crippen LogP contribution in [-0.4, -0.2) is 50.2 Å². The van der Waals surface area contributed by atoms with Gasteiger partial charge in [-0.05, 0) is 49.2 Å². The van der Waals surface area contributed by atoms with E-state index in [1.165, 1.54) is 11.1 Å². The summed E-state index contributed by atoms with van der Waals surface area (Å²) in [5.41, 5.74) is 3.85. The molecule has 1 saturated heterocycles. The maximum atomic E-state index is 13.1. The predicted molar refractivity (Wildman–Crippen MR) is 127 cm³/mol. The molecule has 10 heteroatoms. The van der Waals surface area contributed by atoms with Crippen LogP contribution in [0, 0.1) is 0 Å².